The summed E-state index contributed by atoms with van der Waals surface area (Å²) in [5.74, 6) is 0. The van der Waals surface area contributed by atoms with E-state index in [4.69, 9.17) is 0 Å². The highest BCUT2D eigenvalue weighted by Crippen LogP contribution is 2.01. The van der Waals surface area contributed by atoms with Crippen molar-refractivity contribution in [1.29, 1.82) is 0 Å². The quantitative estimate of drug-likeness (QED) is 0.454. The van der Waals surface area contributed by atoms with E-state index >= 15 is 0 Å². The van der Waals surface area contributed by atoms with Crippen molar-refractivity contribution in [3.8, 4) is 0 Å². The molecule has 0 atom stereocenters. The first-order valence-corrected chi connectivity index (χ1v) is 7.88. The first-order valence-electron chi connectivity index (χ1n) is 4.38. The standard InChI is InChI=1S/C10H18NSi/c1-9-8-10(12(3,4)5)6-7-11(9)2/h6-8H,1-5H3/q+1. The summed E-state index contributed by atoms with van der Waals surface area (Å²) in [7, 11) is 0.986. The summed E-state index contributed by atoms with van der Waals surface area (Å²) in [6, 6.07) is 4.56. The van der Waals surface area contributed by atoms with Crippen LogP contribution in [-0.2, 0) is 7.05 Å². The smallest absolute Gasteiger partial charge is 0.177 e. The number of nitrogens with zero attached hydrogens (tertiary/aromatic N) is 1. The fourth-order valence-electron chi connectivity index (χ4n) is 1.15. The van der Waals surface area contributed by atoms with Gasteiger partial charge in [0.15, 0.2) is 11.9 Å². The van der Waals surface area contributed by atoms with E-state index in [1.165, 1.54) is 10.9 Å². The van der Waals surface area contributed by atoms with Gasteiger partial charge in [0.05, 0.1) is 8.07 Å². The van der Waals surface area contributed by atoms with Crippen molar-refractivity contribution in [2.75, 3.05) is 0 Å². The maximum absolute atomic E-state index is 2.38. The van der Waals surface area contributed by atoms with Gasteiger partial charge < -0.3 is 0 Å². The van der Waals surface area contributed by atoms with Gasteiger partial charge >= 0.3 is 0 Å². The number of hydrogen-bond donors (Lipinski definition) is 0. The summed E-state index contributed by atoms with van der Waals surface area (Å²) < 4.78 is 2.16. The highest BCUT2D eigenvalue weighted by atomic mass is 28.3. The van der Waals surface area contributed by atoms with Crippen LogP contribution in [0.3, 0.4) is 0 Å². The van der Waals surface area contributed by atoms with Crippen LogP contribution in [0.15, 0.2) is 18.3 Å². The van der Waals surface area contributed by atoms with E-state index in [0.717, 1.165) is 0 Å². The van der Waals surface area contributed by atoms with E-state index in [1.54, 1.807) is 0 Å². The van der Waals surface area contributed by atoms with Crippen molar-refractivity contribution < 1.29 is 4.57 Å². The van der Waals surface area contributed by atoms with Crippen LogP contribution in [-0.4, -0.2) is 8.07 Å². The average Bonchev–Trinajstić information content (AvgIpc) is 1.92. The van der Waals surface area contributed by atoms with Gasteiger partial charge in [-0.1, -0.05) is 19.6 Å². The number of aryl methyl sites for hydroxylation is 2. The molecule has 1 nitrogen and oxygen atoms in total. The molecule has 1 rings (SSSR count). The summed E-state index contributed by atoms with van der Waals surface area (Å²) in [6.07, 6.45) is 2.16. The first kappa shape index (κ1) is 9.45. The average molecular weight is 180 g/mol. The lowest BCUT2D eigenvalue weighted by molar-refractivity contribution is -0.677. The number of rotatable bonds is 1. The Morgan fingerprint density at radius 2 is 1.83 bits per heavy atom. The maximum Gasteiger partial charge on any atom is 0.177 e. The molecule has 1 aromatic heterocycles. The second-order valence-electron chi connectivity index (χ2n) is 4.42. The molecule has 0 N–H and O–H groups in total. The van der Waals surface area contributed by atoms with Crippen molar-refractivity contribution in [3.05, 3.63) is 24.0 Å². The van der Waals surface area contributed by atoms with E-state index in [-0.39, 0.29) is 0 Å². The van der Waals surface area contributed by atoms with Crippen LogP contribution in [0, 0.1) is 6.92 Å². The molecule has 0 saturated heterocycles. The molecule has 12 heavy (non-hydrogen) atoms. The molecular weight excluding hydrogens is 162 g/mol. The van der Waals surface area contributed by atoms with E-state index in [2.05, 4.69) is 56.5 Å². The summed E-state index contributed by atoms with van der Waals surface area (Å²) in [4.78, 5) is 0. The van der Waals surface area contributed by atoms with Gasteiger partial charge in [0, 0.05) is 19.1 Å². The highest BCUT2D eigenvalue weighted by molar-refractivity contribution is 6.88. The van der Waals surface area contributed by atoms with Gasteiger partial charge in [-0.05, 0) is 5.19 Å². The van der Waals surface area contributed by atoms with E-state index < -0.39 is 8.07 Å². The lowest BCUT2D eigenvalue weighted by Gasteiger charge is -2.15. The van der Waals surface area contributed by atoms with Gasteiger partial charge in [-0.3, -0.25) is 0 Å². The predicted octanol–water partition coefficient (Wildman–Crippen LogP) is 1.36. The summed E-state index contributed by atoms with van der Waals surface area (Å²) in [5.41, 5.74) is 1.34. The predicted molar refractivity (Wildman–Crippen MR) is 55.3 cm³/mol. The topological polar surface area (TPSA) is 3.88 Å². The monoisotopic (exact) mass is 180 g/mol. The lowest BCUT2D eigenvalue weighted by atomic mass is 10.4. The first-order chi connectivity index (χ1) is 5.41. The fraction of sp³-hybridized carbons (Fsp3) is 0.500. The van der Waals surface area contributed by atoms with Crippen LogP contribution in [0.1, 0.15) is 5.69 Å². The van der Waals surface area contributed by atoms with Crippen LogP contribution in [0.2, 0.25) is 19.6 Å². The molecule has 0 fully saturated rings. The largest absolute Gasteiger partial charge is 0.205 e. The summed E-state index contributed by atoms with van der Waals surface area (Å²) in [5, 5.41) is 1.54. The van der Waals surface area contributed by atoms with Gasteiger partial charge in [-0.25, -0.2) is 4.57 Å². The van der Waals surface area contributed by atoms with Gasteiger partial charge in [0.1, 0.15) is 7.05 Å². The molecule has 0 unspecified atom stereocenters. The van der Waals surface area contributed by atoms with Gasteiger partial charge in [-0.15, -0.1) is 0 Å². The van der Waals surface area contributed by atoms with Crippen LogP contribution >= 0.6 is 0 Å². The molecule has 1 heterocycles. The van der Waals surface area contributed by atoms with Crippen LogP contribution in [0.4, 0.5) is 0 Å². The number of aromatic nitrogens is 1. The molecule has 0 amide bonds. The Morgan fingerprint density at radius 3 is 2.25 bits per heavy atom. The normalized spacial score (nSPS) is 11.8. The Kier molecular flexibility index (Phi) is 2.38. The molecule has 0 aliphatic carbocycles. The SMILES string of the molecule is Cc1cc([Si](C)(C)C)cc[n+]1C. The van der Waals surface area contributed by atoms with Crippen LogP contribution in [0.5, 0.6) is 0 Å². The van der Waals surface area contributed by atoms with Gasteiger partial charge in [0.2, 0.25) is 0 Å². The zero-order chi connectivity index (χ0) is 9.35. The van der Waals surface area contributed by atoms with E-state index in [1.807, 2.05) is 0 Å². The molecule has 0 radical (unpaired) electrons. The molecule has 0 aromatic carbocycles. The minimum atomic E-state index is -1.10. The lowest BCUT2D eigenvalue weighted by Crippen LogP contribution is -2.42. The Hall–Kier alpha value is -0.633. The molecule has 0 saturated carbocycles. The zero-order valence-electron chi connectivity index (χ0n) is 8.68. The molecule has 0 aliphatic heterocycles. The van der Waals surface area contributed by atoms with Crippen molar-refractivity contribution in [2.45, 2.75) is 26.6 Å². The van der Waals surface area contributed by atoms with Crippen molar-refractivity contribution in [2.24, 2.45) is 7.05 Å². The highest BCUT2D eigenvalue weighted by Gasteiger charge is 2.18. The van der Waals surface area contributed by atoms with Crippen molar-refractivity contribution in [3.63, 3.8) is 0 Å². The van der Waals surface area contributed by atoms with E-state index in [0.29, 0.717) is 0 Å². The second-order valence-corrected chi connectivity index (χ2v) is 9.50. The minimum Gasteiger partial charge on any atom is -0.205 e. The third kappa shape index (κ3) is 1.94. The third-order valence-corrected chi connectivity index (χ3v) is 4.31. The molecule has 0 aliphatic rings. The molecule has 0 bridgehead atoms. The van der Waals surface area contributed by atoms with Gasteiger partial charge in [0.25, 0.3) is 0 Å². The minimum absolute atomic E-state index is 1.10. The van der Waals surface area contributed by atoms with E-state index in [9.17, 15) is 0 Å². The van der Waals surface area contributed by atoms with Gasteiger partial charge in [-0.2, -0.15) is 0 Å². The zero-order valence-corrected chi connectivity index (χ0v) is 9.68. The number of pyridine rings is 1. The molecular formula is C10H18NSi+. The van der Waals surface area contributed by atoms with Crippen LogP contribution < -0.4 is 9.75 Å². The maximum atomic E-state index is 2.38. The Morgan fingerprint density at radius 1 is 1.25 bits per heavy atom. The third-order valence-electron chi connectivity index (χ3n) is 2.26. The Bertz CT molecular complexity index is 286. The Balaban J connectivity index is 3.14. The molecule has 0 spiro atoms. The molecule has 1 aromatic rings. The number of hydrogen-bond acceptors (Lipinski definition) is 0. The summed E-state index contributed by atoms with van der Waals surface area (Å²) >= 11 is 0. The fourth-order valence-corrected chi connectivity index (χ4v) is 2.37. The second kappa shape index (κ2) is 3.02. The van der Waals surface area contributed by atoms with Crippen LogP contribution in [0.25, 0.3) is 0 Å². The molecule has 66 valence electrons. The summed E-state index contributed by atoms with van der Waals surface area (Å²) in [6.45, 7) is 9.29. The van der Waals surface area contributed by atoms with Crippen molar-refractivity contribution >= 4 is 13.3 Å². The Labute approximate surface area is 76.1 Å². The molecule has 2 heteroatoms. The van der Waals surface area contributed by atoms with Crippen molar-refractivity contribution in [1.82, 2.24) is 0 Å².